The third-order valence-electron chi connectivity index (χ3n) is 9.73. The van der Waals surface area contributed by atoms with E-state index < -0.39 is 18.1 Å². The first kappa shape index (κ1) is 34.1. The fraction of sp³-hybridized carbons (Fsp3) is 0.341. The number of benzene rings is 4. The highest BCUT2D eigenvalue weighted by Gasteiger charge is 2.41. The Morgan fingerprint density at radius 3 is 2.18 bits per heavy atom. The van der Waals surface area contributed by atoms with Crippen LogP contribution in [0, 0.1) is 11.8 Å². The molecule has 4 aromatic carbocycles. The largest absolute Gasteiger partial charge is 0.491 e. The van der Waals surface area contributed by atoms with Crippen molar-refractivity contribution >= 4 is 17.6 Å². The third kappa shape index (κ3) is 8.63. The molecule has 3 N–H and O–H groups in total. The molecule has 0 radical (unpaired) electrons. The fourth-order valence-electron chi connectivity index (χ4n) is 7.30. The van der Waals surface area contributed by atoms with Gasteiger partial charge in [-0.15, -0.1) is 0 Å². The van der Waals surface area contributed by atoms with Crippen LogP contribution in [0.5, 0.6) is 5.75 Å². The lowest BCUT2D eigenvalue weighted by Crippen LogP contribution is -2.42. The van der Waals surface area contributed by atoms with Gasteiger partial charge in [0, 0.05) is 30.7 Å². The number of ketones is 1. The monoisotopic (exact) mass is 660 g/mol. The van der Waals surface area contributed by atoms with Gasteiger partial charge in [0.2, 0.25) is 11.8 Å². The number of carbonyl (C=O) groups is 3. The predicted molar refractivity (Wildman–Crippen MR) is 187 cm³/mol. The molecule has 0 spiro atoms. The van der Waals surface area contributed by atoms with E-state index in [-0.39, 0.29) is 55.7 Å². The highest BCUT2D eigenvalue weighted by atomic mass is 16.5. The van der Waals surface area contributed by atoms with E-state index in [4.69, 9.17) is 9.84 Å². The number of aliphatic hydroxyl groups excluding tert-OH is 2. The Hall–Kier alpha value is -4.79. The summed E-state index contributed by atoms with van der Waals surface area (Å²) in [5, 5.41) is 23.0. The SMILES string of the molecule is O=C(C[C@@H](Cc1ccc(OCCO)cc1)C(=O)NC1c2ccccc2C[C@H]1O)CN1C(=O)[C@@H](Cc2ccccc2)C[C@@H]1Cc1ccccc1. The number of hydrogen-bond donors (Lipinski definition) is 3. The van der Waals surface area contributed by atoms with E-state index in [0.717, 1.165) is 27.8 Å². The van der Waals surface area contributed by atoms with Crippen LogP contribution in [0.15, 0.2) is 109 Å². The Morgan fingerprint density at radius 2 is 1.49 bits per heavy atom. The first-order valence-corrected chi connectivity index (χ1v) is 17.2. The van der Waals surface area contributed by atoms with E-state index >= 15 is 0 Å². The van der Waals surface area contributed by atoms with E-state index in [1.807, 2.05) is 97.1 Å². The molecule has 2 amide bonds. The first-order chi connectivity index (χ1) is 23.9. The van der Waals surface area contributed by atoms with Gasteiger partial charge in [-0.1, -0.05) is 97.1 Å². The second kappa shape index (κ2) is 16.1. The van der Waals surface area contributed by atoms with Gasteiger partial charge in [-0.3, -0.25) is 14.4 Å². The van der Waals surface area contributed by atoms with Crippen LogP contribution in [0.3, 0.4) is 0 Å². The van der Waals surface area contributed by atoms with Crippen molar-refractivity contribution in [3.63, 3.8) is 0 Å². The summed E-state index contributed by atoms with van der Waals surface area (Å²) in [5.41, 5.74) is 4.92. The number of amides is 2. The lowest BCUT2D eigenvalue weighted by molar-refractivity contribution is -0.137. The number of ether oxygens (including phenoxy) is 1. The zero-order valence-electron chi connectivity index (χ0n) is 27.6. The number of aliphatic hydroxyl groups is 2. The molecule has 254 valence electrons. The standard InChI is InChI=1S/C41H44N2O6/c44-19-20-49-36-17-15-30(16-18-36)21-32(40(47)42-39-37-14-8-7-13-31(37)26-38(39)46)25-35(45)27-43-34(23-29-11-5-2-6-12-29)24-33(41(43)48)22-28-9-3-1-4-10-28/h1-18,32-34,38-39,44,46H,19-27H2,(H,42,47)/t32-,33+,34+,38-,39?/m1/s1. The molecule has 1 saturated heterocycles. The maximum atomic E-state index is 14.0. The molecular formula is C41H44N2O6. The molecule has 0 bridgehead atoms. The molecule has 1 aliphatic carbocycles. The summed E-state index contributed by atoms with van der Waals surface area (Å²) in [4.78, 5) is 43.5. The van der Waals surface area contributed by atoms with Crippen LogP contribution in [0.1, 0.15) is 46.7 Å². The van der Waals surface area contributed by atoms with Gasteiger partial charge in [-0.05, 0) is 65.6 Å². The Balaban J connectivity index is 1.19. The van der Waals surface area contributed by atoms with Crippen molar-refractivity contribution in [3.8, 4) is 5.75 Å². The summed E-state index contributed by atoms with van der Waals surface area (Å²) >= 11 is 0. The van der Waals surface area contributed by atoms with E-state index in [0.29, 0.717) is 37.9 Å². The van der Waals surface area contributed by atoms with Gasteiger partial charge in [0.15, 0.2) is 5.78 Å². The summed E-state index contributed by atoms with van der Waals surface area (Å²) in [5.74, 6) is -0.862. The molecular weight excluding hydrogens is 616 g/mol. The summed E-state index contributed by atoms with van der Waals surface area (Å²) in [6, 6.07) is 34.2. The van der Waals surface area contributed by atoms with Gasteiger partial charge >= 0.3 is 0 Å². The molecule has 1 heterocycles. The van der Waals surface area contributed by atoms with Gasteiger partial charge in [0.05, 0.1) is 25.3 Å². The zero-order chi connectivity index (χ0) is 34.2. The van der Waals surface area contributed by atoms with Crippen LogP contribution in [0.4, 0.5) is 0 Å². The van der Waals surface area contributed by atoms with Crippen LogP contribution < -0.4 is 10.1 Å². The van der Waals surface area contributed by atoms with Crippen molar-refractivity contribution in [1.82, 2.24) is 10.2 Å². The van der Waals surface area contributed by atoms with Crippen molar-refractivity contribution in [3.05, 3.63) is 137 Å². The lowest BCUT2D eigenvalue weighted by Gasteiger charge is -2.26. The average molecular weight is 661 g/mol. The Kier molecular flexibility index (Phi) is 11.2. The fourth-order valence-corrected chi connectivity index (χ4v) is 7.30. The van der Waals surface area contributed by atoms with Crippen molar-refractivity contribution < 1.29 is 29.3 Å². The molecule has 2 aliphatic rings. The lowest BCUT2D eigenvalue weighted by atomic mass is 9.92. The van der Waals surface area contributed by atoms with Crippen molar-refractivity contribution in [2.75, 3.05) is 19.8 Å². The molecule has 0 saturated carbocycles. The van der Waals surface area contributed by atoms with Gasteiger partial charge < -0.3 is 25.2 Å². The predicted octanol–water partition coefficient (Wildman–Crippen LogP) is 4.65. The number of nitrogens with zero attached hydrogens (tertiary/aromatic N) is 1. The van der Waals surface area contributed by atoms with Crippen LogP contribution in [-0.2, 0) is 40.1 Å². The molecule has 8 nitrogen and oxygen atoms in total. The van der Waals surface area contributed by atoms with Gasteiger partial charge in [0.1, 0.15) is 12.4 Å². The Labute approximate surface area is 287 Å². The summed E-state index contributed by atoms with van der Waals surface area (Å²) < 4.78 is 5.50. The number of Topliss-reactive ketones (excluding diaryl/α,β-unsaturated/α-hetero) is 1. The number of carbonyl (C=O) groups excluding carboxylic acids is 3. The van der Waals surface area contributed by atoms with E-state index in [1.165, 1.54) is 0 Å². The normalized spacial score (nSPS) is 20.5. The molecule has 4 aromatic rings. The average Bonchev–Trinajstić information content (AvgIpc) is 3.58. The molecule has 6 rings (SSSR count). The minimum atomic E-state index is -0.761. The first-order valence-electron chi connectivity index (χ1n) is 17.2. The van der Waals surface area contributed by atoms with E-state index in [2.05, 4.69) is 5.32 Å². The minimum Gasteiger partial charge on any atom is -0.491 e. The topological polar surface area (TPSA) is 116 Å². The molecule has 1 unspecified atom stereocenters. The third-order valence-corrected chi connectivity index (χ3v) is 9.73. The van der Waals surface area contributed by atoms with Crippen LogP contribution in [0.25, 0.3) is 0 Å². The molecule has 5 atom stereocenters. The minimum absolute atomic E-state index is 0.0247. The van der Waals surface area contributed by atoms with E-state index in [1.54, 1.807) is 17.0 Å². The van der Waals surface area contributed by atoms with Crippen LogP contribution >= 0.6 is 0 Å². The van der Waals surface area contributed by atoms with Gasteiger partial charge in [-0.2, -0.15) is 0 Å². The maximum Gasteiger partial charge on any atom is 0.226 e. The zero-order valence-corrected chi connectivity index (χ0v) is 27.6. The summed E-state index contributed by atoms with van der Waals surface area (Å²) in [7, 11) is 0. The highest BCUT2D eigenvalue weighted by Crippen LogP contribution is 2.33. The number of rotatable bonds is 15. The quantitative estimate of drug-likeness (QED) is 0.171. The summed E-state index contributed by atoms with van der Waals surface area (Å²) in [6.07, 6.45) is 1.85. The van der Waals surface area contributed by atoms with Crippen molar-refractivity contribution in [2.24, 2.45) is 11.8 Å². The Morgan fingerprint density at radius 1 is 0.837 bits per heavy atom. The summed E-state index contributed by atoms with van der Waals surface area (Å²) in [6.45, 7) is 0.0198. The smallest absolute Gasteiger partial charge is 0.226 e. The maximum absolute atomic E-state index is 14.0. The van der Waals surface area contributed by atoms with Gasteiger partial charge in [0.25, 0.3) is 0 Å². The molecule has 0 aromatic heterocycles. The molecule has 49 heavy (non-hydrogen) atoms. The van der Waals surface area contributed by atoms with Gasteiger partial charge in [-0.25, -0.2) is 0 Å². The molecule has 8 heteroatoms. The molecule has 1 fully saturated rings. The highest BCUT2D eigenvalue weighted by molar-refractivity contribution is 5.92. The number of hydrogen-bond acceptors (Lipinski definition) is 6. The van der Waals surface area contributed by atoms with Crippen molar-refractivity contribution in [2.45, 2.75) is 56.7 Å². The number of fused-ring (bicyclic) bond motifs is 1. The second-order valence-electron chi connectivity index (χ2n) is 13.2. The molecule has 1 aliphatic heterocycles. The second-order valence-corrected chi connectivity index (χ2v) is 13.2. The van der Waals surface area contributed by atoms with Crippen LogP contribution in [0.2, 0.25) is 0 Å². The Bertz CT molecular complexity index is 1710. The van der Waals surface area contributed by atoms with Crippen molar-refractivity contribution in [1.29, 1.82) is 0 Å². The number of nitrogens with one attached hydrogen (secondary N) is 1. The van der Waals surface area contributed by atoms with Crippen LogP contribution in [-0.4, -0.2) is 64.6 Å². The number of likely N-dealkylation sites (tertiary alicyclic amines) is 1. The van der Waals surface area contributed by atoms with E-state index in [9.17, 15) is 19.5 Å².